The summed E-state index contributed by atoms with van der Waals surface area (Å²) in [5.74, 6) is 0. The van der Waals surface area contributed by atoms with Gasteiger partial charge in [-0.05, 0) is 36.9 Å². The van der Waals surface area contributed by atoms with Gasteiger partial charge in [0.25, 0.3) is 0 Å². The van der Waals surface area contributed by atoms with Crippen LogP contribution >= 0.6 is 11.6 Å². The van der Waals surface area contributed by atoms with E-state index >= 15 is 0 Å². The fraction of sp³-hybridized carbons (Fsp3) is 0.455. The fourth-order valence-electron chi connectivity index (χ4n) is 1.47. The lowest BCUT2D eigenvalue weighted by molar-refractivity contribution is 0.296. The van der Waals surface area contributed by atoms with Gasteiger partial charge < -0.3 is 5.73 Å². The third-order valence-electron chi connectivity index (χ3n) is 2.28. The molecule has 1 aromatic carbocycles. The van der Waals surface area contributed by atoms with Crippen LogP contribution in [-0.4, -0.2) is 18.0 Å². The van der Waals surface area contributed by atoms with E-state index in [1.165, 1.54) is 5.56 Å². The van der Waals surface area contributed by atoms with Crippen molar-refractivity contribution in [2.24, 2.45) is 0 Å². The molecule has 1 rings (SSSR count). The van der Waals surface area contributed by atoms with E-state index in [1.54, 1.807) is 6.07 Å². The molecule has 0 heterocycles. The van der Waals surface area contributed by atoms with Crippen molar-refractivity contribution in [1.82, 2.24) is 4.90 Å². The maximum Gasteiger partial charge on any atom is 0.0429 e. The highest BCUT2D eigenvalue weighted by atomic mass is 35.5. The van der Waals surface area contributed by atoms with E-state index in [2.05, 4.69) is 18.7 Å². The first kappa shape index (κ1) is 11.3. The van der Waals surface area contributed by atoms with Crippen LogP contribution in [0.1, 0.15) is 19.4 Å². The summed E-state index contributed by atoms with van der Waals surface area (Å²) in [4.78, 5) is 2.32. The monoisotopic (exact) mass is 212 g/mol. The smallest absolute Gasteiger partial charge is 0.0429 e. The number of hydrogen-bond donors (Lipinski definition) is 1. The molecule has 78 valence electrons. The van der Waals surface area contributed by atoms with Crippen molar-refractivity contribution < 1.29 is 0 Å². The number of benzene rings is 1. The molecule has 0 amide bonds. The predicted molar refractivity (Wildman–Crippen MR) is 62.5 cm³/mol. The maximum absolute atomic E-state index is 5.92. The SMILES string of the molecule is CCN(CC)Cc1cc(N)cc(Cl)c1. The molecule has 0 atom stereocenters. The summed E-state index contributed by atoms with van der Waals surface area (Å²) in [5, 5.41) is 0.715. The molecule has 0 saturated heterocycles. The summed E-state index contributed by atoms with van der Waals surface area (Å²) in [6.07, 6.45) is 0. The van der Waals surface area contributed by atoms with E-state index in [4.69, 9.17) is 17.3 Å². The highest BCUT2D eigenvalue weighted by Gasteiger charge is 2.02. The molecule has 0 spiro atoms. The molecule has 0 aliphatic heterocycles. The Kier molecular flexibility index (Phi) is 4.23. The van der Waals surface area contributed by atoms with Crippen LogP contribution in [0.2, 0.25) is 5.02 Å². The number of anilines is 1. The van der Waals surface area contributed by atoms with Crippen LogP contribution in [0.5, 0.6) is 0 Å². The molecule has 0 aromatic heterocycles. The number of nitrogen functional groups attached to an aromatic ring is 1. The average Bonchev–Trinajstić information content (AvgIpc) is 2.12. The van der Waals surface area contributed by atoms with Crippen molar-refractivity contribution in [2.75, 3.05) is 18.8 Å². The third kappa shape index (κ3) is 3.20. The Morgan fingerprint density at radius 3 is 2.36 bits per heavy atom. The molecule has 3 heteroatoms. The van der Waals surface area contributed by atoms with Crippen LogP contribution < -0.4 is 5.73 Å². The zero-order valence-electron chi connectivity index (χ0n) is 8.76. The Balaban J connectivity index is 2.75. The molecule has 14 heavy (non-hydrogen) atoms. The molecule has 0 aliphatic carbocycles. The standard InChI is InChI=1S/C11H17ClN2/c1-3-14(4-2)8-9-5-10(12)7-11(13)6-9/h5-7H,3-4,8,13H2,1-2H3. The van der Waals surface area contributed by atoms with Gasteiger partial charge in [-0.3, -0.25) is 4.90 Å². The second kappa shape index (κ2) is 5.23. The fourth-order valence-corrected chi connectivity index (χ4v) is 1.74. The Morgan fingerprint density at radius 1 is 1.21 bits per heavy atom. The molecule has 0 fully saturated rings. The minimum atomic E-state index is 0.715. The minimum absolute atomic E-state index is 0.715. The van der Waals surface area contributed by atoms with Crippen LogP contribution in [0.3, 0.4) is 0 Å². The summed E-state index contributed by atoms with van der Waals surface area (Å²) in [5.41, 5.74) is 7.63. The highest BCUT2D eigenvalue weighted by molar-refractivity contribution is 6.30. The largest absolute Gasteiger partial charge is 0.399 e. The van der Waals surface area contributed by atoms with Crippen molar-refractivity contribution in [3.05, 3.63) is 28.8 Å². The summed E-state index contributed by atoms with van der Waals surface area (Å²) < 4.78 is 0. The van der Waals surface area contributed by atoms with Gasteiger partial charge in [0.1, 0.15) is 0 Å². The molecule has 1 aromatic rings. The highest BCUT2D eigenvalue weighted by Crippen LogP contribution is 2.17. The molecule has 2 nitrogen and oxygen atoms in total. The first-order valence-electron chi connectivity index (χ1n) is 4.93. The molecule has 0 saturated carbocycles. The number of halogens is 1. The first-order valence-corrected chi connectivity index (χ1v) is 5.30. The molecule has 2 N–H and O–H groups in total. The Bertz CT molecular complexity index is 275. The van der Waals surface area contributed by atoms with Crippen LogP contribution in [0.15, 0.2) is 18.2 Å². The van der Waals surface area contributed by atoms with Gasteiger partial charge in [0, 0.05) is 17.3 Å². The molecule has 0 bridgehead atoms. The normalized spacial score (nSPS) is 10.9. The first-order chi connectivity index (χ1) is 6.65. The number of rotatable bonds is 4. The van der Waals surface area contributed by atoms with Gasteiger partial charge in [-0.2, -0.15) is 0 Å². The molecule has 0 radical (unpaired) electrons. The Morgan fingerprint density at radius 2 is 1.86 bits per heavy atom. The van der Waals surface area contributed by atoms with Gasteiger partial charge in [-0.25, -0.2) is 0 Å². The lowest BCUT2D eigenvalue weighted by Crippen LogP contribution is -2.22. The summed E-state index contributed by atoms with van der Waals surface area (Å²) in [7, 11) is 0. The molecule has 0 unspecified atom stereocenters. The summed E-state index contributed by atoms with van der Waals surface area (Å²) in [6, 6.07) is 5.72. The van der Waals surface area contributed by atoms with Crippen LogP contribution in [0, 0.1) is 0 Å². The maximum atomic E-state index is 5.92. The lowest BCUT2D eigenvalue weighted by atomic mass is 10.2. The van der Waals surface area contributed by atoms with Crippen molar-refractivity contribution in [1.29, 1.82) is 0 Å². The van der Waals surface area contributed by atoms with Gasteiger partial charge in [0.05, 0.1) is 0 Å². The van der Waals surface area contributed by atoms with Gasteiger partial charge in [-0.1, -0.05) is 25.4 Å². The van der Waals surface area contributed by atoms with Crippen LogP contribution in [0.25, 0.3) is 0 Å². The molecule has 0 aliphatic rings. The predicted octanol–water partition coefficient (Wildman–Crippen LogP) is 2.76. The zero-order valence-corrected chi connectivity index (χ0v) is 9.51. The van der Waals surface area contributed by atoms with Crippen LogP contribution in [0.4, 0.5) is 5.69 Å². The number of hydrogen-bond acceptors (Lipinski definition) is 2. The van der Waals surface area contributed by atoms with Crippen LogP contribution in [-0.2, 0) is 6.54 Å². The van der Waals surface area contributed by atoms with Crippen molar-refractivity contribution in [3.8, 4) is 0 Å². The van der Waals surface area contributed by atoms with E-state index < -0.39 is 0 Å². The van der Waals surface area contributed by atoms with E-state index in [9.17, 15) is 0 Å². The summed E-state index contributed by atoms with van der Waals surface area (Å²) in [6.45, 7) is 7.30. The molecular weight excluding hydrogens is 196 g/mol. The zero-order chi connectivity index (χ0) is 10.6. The topological polar surface area (TPSA) is 29.3 Å². The van der Waals surface area contributed by atoms with E-state index in [0.29, 0.717) is 5.02 Å². The average molecular weight is 213 g/mol. The van der Waals surface area contributed by atoms with Gasteiger partial charge in [0.15, 0.2) is 0 Å². The van der Waals surface area contributed by atoms with Gasteiger partial charge >= 0.3 is 0 Å². The van der Waals surface area contributed by atoms with Gasteiger partial charge in [0.2, 0.25) is 0 Å². The van der Waals surface area contributed by atoms with Crippen molar-refractivity contribution in [3.63, 3.8) is 0 Å². The minimum Gasteiger partial charge on any atom is -0.399 e. The molecular formula is C11H17ClN2. The number of nitrogens with two attached hydrogens (primary N) is 1. The van der Waals surface area contributed by atoms with E-state index in [0.717, 1.165) is 25.3 Å². The lowest BCUT2D eigenvalue weighted by Gasteiger charge is -2.18. The van der Waals surface area contributed by atoms with Crippen molar-refractivity contribution in [2.45, 2.75) is 20.4 Å². The number of nitrogens with zero attached hydrogens (tertiary/aromatic N) is 1. The van der Waals surface area contributed by atoms with E-state index in [-0.39, 0.29) is 0 Å². The Hall–Kier alpha value is -0.730. The van der Waals surface area contributed by atoms with Crippen molar-refractivity contribution >= 4 is 17.3 Å². The van der Waals surface area contributed by atoms with Gasteiger partial charge in [-0.15, -0.1) is 0 Å². The third-order valence-corrected chi connectivity index (χ3v) is 2.50. The summed E-state index contributed by atoms with van der Waals surface area (Å²) >= 11 is 5.92. The second-order valence-electron chi connectivity index (χ2n) is 3.35. The Labute approximate surface area is 90.7 Å². The quantitative estimate of drug-likeness (QED) is 0.778. The van der Waals surface area contributed by atoms with E-state index in [1.807, 2.05) is 12.1 Å². The second-order valence-corrected chi connectivity index (χ2v) is 3.79.